The van der Waals surface area contributed by atoms with Crippen molar-refractivity contribution in [1.29, 1.82) is 0 Å². The summed E-state index contributed by atoms with van der Waals surface area (Å²) < 4.78 is 0. The smallest absolute Gasteiger partial charge is 0.282 e. The van der Waals surface area contributed by atoms with Gasteiger partial charge in [-0.3, -0.25) is 14.9 Å². The summed E-state index contributed by atoms with van der Waals surface area (Å²) in [7, 11) is 0. The fourth-order valence-electron chi connectivity index (χ4n) is 3.43. The predicted octanol–water partition coefficient (Wildman–Crippen LogP) is 2.74. The van der Waals surface area contributed by atoms with Gasteiger partial charge in [-0.05, 0) is 49.9 Å². The zero-order chi connectivity index (χ0) is 15.7. The third-order valence-electron chi connectivity index (χ3n) is 4.69. The molecule has 1 N–H and O–H groups in total. The number of halogens is 2. The van der Waals surface area contributed by atoms with Crippen LogP contribution in [0.15, 0.2) is 18.2 Å². The Bertz CT molecular complexity index is 598. The first-order valence-corrected chi connectivity index (χ1v) is 7.88. The topological polar surface area (TPSA) is 75.5 Å². The van der Waals surface area contributed by atoms with Crippen molar-refractivity contribution >= 4 is 35.6 Å². The van der Waals surface area contributed by atoms with Gasteiger partial charge in [0.1, 0.15) is 5.56 Å². The molecule has 2 fully saturated rings. The monoisotopic (exact) mass is 359 g/mol. The number of nitrogens with one attached hydrogen (secondary N) is 1. The van der Waals surface area contributed by atoms with Crippen molar-refractivity contribution in [3.63, 3.8) is 0 Å². The van der Waals surface area contributed by atoms with Gasteiger partial charge in [0.25, 0.3) is 11.6 Å². The quantitative estimate of drug-likeness (QED) is 0.650. The van der Waals surface area contributed by atoms with E-state index in [4.69, 9.17) is 11.6 Å². The zero-order valence-electron chi connectivity index (χ0n) is 12.5. The Morgan fingerprint density at radius 1 is 1.26 bits per heavy atom. The molecule has 0 radical (unpaired) electrons. The van der Waals surface area contributed by atoms with Crippen molar-refractivity contribution in [2.45, 2.75) is 12.8 Å². The van der Waals surface area contributed by atoms with E-state index in [2.05, 4.69) is 5.32 Å². The number of nitrogens with zero attached hydrogens (tertiary/aromatic N) is 2. The van der Waals surface area contributed by atoms with Crippen LogP contribution in [0.3, 0.4) is 0 Å². The number of carbonyl (C=O) groups is 1. The van der Waals surface area contributed by atoms with Crippen LogP contribution in [-0.4, -0.2) is 41.9 Å². The van der Waals surface area contributed by atoms with Crippen molar-refractivity contribution in [2.24, 2.45) is 11.8 Å². The number of rotatable bonds is 2. The van der Waals surface area contributed by atoms with E-state index in [0.717, 1.165) is 25.9 Å². The summed E-state index contributed by atoms with van der Waals surface area (Å²) in [6.45, 7) is 3.30. The lowest BCUT2D eigenvalue weighted by molar-refractivity contribution is -0.385. The van der Waals surface area contributed by atoms with E-state index >= 15 is 0 Å². The molecule has 0 aliphatic carbocycles. The third kappa shape index (κ3) is 3.76. The van der Waals surface area contributed by atoms with Crippen LogP contribution in [0.4, 0.5) is 5.69 Å². The Balaban J connectivity index is 0.00000192. The molecular formula is C15H19Cl2N3O3. The first-order chi connectivity index (χ1) is 10.6. The molecule has 2 heterocycles. The van der Waals surface area contributed by atoms with Gasteiger partial charge in [-0.2, -0.15) is 0 Å². The van der Waals surface area contributed by atoms with Gasteiger partial charge in [0.05, 0.1) is 4.92 Å². The van der Waals surface area contributed by atoms with Gasteiger partial charge in [-0.25, -0.2) is 0 Å². The van der Waals surface area contributed by atoms with Crippen molar-refractivity contribution in [1.82, 2.24) is 10.2 Å². The Labute approximate surface area is 145 Å². The molecule has 2 aliphatic heterocycles. The maximum atomic E-state index is 12.7. The molecule has 6 nitrogen and oxygen atoms in total. The van der Waals surface area contributed by atoms with Gasteiger partial charge >= 0.3 is 0 Å². The van der Waals surface area contributed by atoms with Crippen LogP contribution >= 0.6 is 24.0 Å². The number of likely N-dealkylation sites (tertiary alicyclic amines) is 1. The maximum Gasteiger partial charge on any atom is 0.282 e. The van der Waals surface area contributed by atoms with Crippen LogP contribution in [0.2, 0.25) is 5.02 Å². The van der Waals surface area contributed by atoms with Crippen LogP contribution in [0.5, 0.6) is 0 Å². The van der Waals surface area contributed by atoms with Gasteiger partial charge in [0.2, 0.25) is 0 Å². The Kier molecular flexibility index (Phi) is 5.84. The highest BCUT2D eigenvalue weighted by atomic mass is 35.5. The molecule has 0 bridgehead atoms. The van der Waals surface area contributed by atoms with Crippen LogP contribution in [0.1, 0.15) is 23.2 Å². The fraction of sp³-hybridized carbons (Fsp3) is 0.533. The highest BCUT2D eigenvalue weighted by Crippen LogP contribution is 2.29. The van der Waals surface area contributed by atoms with Gasteiger partial charge in [0, 0.05) is 24.2 Å². The molecule has 0 spiro atoms. The summed E-state index contributed by atoms with van der Waals surface area (Å²) in [5.41, 5.74) is -0.0943. The summed E-state index contributed by atoms with van der Waals surface area (Å²) in [5.74, 6) is 0.918. The van der Waals surface area contributed by atoms with Crippen molar-refractivity contribution < 1.29 is 9.72 Å². The number of nitro benzene ring substituents is 1. The van der Waals surface area contributed by atoms with Crippen molar-refractivity contribution in [2.75, 3.05) is 26.2 Å². The van der Waals surface area contributed by atoms with E-state index in [9.17, 15) is 14.9 Å². The van der Waals surface area contributed by atoms with Crippen LogP contribution < -0.4 is 5.32 Å². The van der Waals surface area contributed by atoms with Crippen LogP contribution in [-0.2, 0) is 0 Å². The molecule has 0 saturated carbocycles. The van der Waals surface area contributed by atoms with Crippen LogP contribution in [0.25, 0.3) is 0 Å². The molecule has 0 aromatic heterocycles. The minimum absolute atomic E-state index is 0. The maximum absolute atomic E-state index is 12.7. The standard InChI is InChI=1S/C15H18ClN3O3.ClH/c16-12-1-2-14(19(21)22)13(7-12)15(20)18-5-3-10-8-17-9-11(10)4-6-18;/h1-2,7,10-11,17H,3-6,8-9H2;1H/t10-,11+;. The minimum atomic E-state index is -0.528. The summed E-state index contributed by atoms with van der Waals surface area (Å²) >= 11 is 5.91. The third-order valence-corrected chi connectivity index (χ3v) is 4.93. The molecular weight excluding hydrogens is 341 g/mol. The average molecular weight is 360 g/mol. The van der Waals surface area contributed by atoms with Gasteiger partial charge in [0.15, 0.2) is 0 Å². The second-order valence-corrected chi connectivity index (χ2v) is 6.40. The molecule has 1 amide bonds. The first kappa shape index (κ1) is 18.0. The van der Waals surface area contributed by atoms with Crippen molar-refractivity contribution in [3.05, 3.63) is 38.9 Å². The average Bonchev–Trinajstić information content (AvgIpc) is 2.85. The number of nitro groups is 1. The molecule has 1 aromatic rings. The Morgan fingerprint density at radius 3 is 2.43 bits per heavy atom. The number of hydrogen-bond acceptors (Lipinski definition) is 4. The molecule has 126 valence electrons. The second kappa shape index (κ2) is 7.47. The van der Waals surface area contributed by atoms with E-state index in [1.165, 1.54) is 18.2 Å². The molecule has 0 unspecified atom stereocenters. The van der Waals surface area contributed by atoms with Gasteiger partial charge in [-0.1, -0.05) is 11.6 Å². The van der Waals surface area contributed by atoms with Crippen molar-refractivity contribution in [3.8, 4) is 0 Å². The van der Waals surface area contributed by atoms with E-state index in [0.29, 0.717) is 29.9 Å². The lowest BCUT2D eigenvalue weighted by Gasteiger charge is -2.21. The summed E-state index contributed by atoms with van der Waals surface area (Å²) in [6.07, 6.45) is 1.88. The lowest BCUT2D eigenvalue weighted by Crippen LogP contribution is -2.33. The van der Waals surface area contributed by atoms with Gasteiger partial charge in [-0.15, -0.1) is 12.4 Å². The highest BCUT2D eigenvalue weighted by Gasteiger charge is 2.33. The predicted molar refractivity (Wildman–Crippen MR) is 90.3 cm³/mol. The molecule has 1 aromatic carbocycles. The van der Waals surface area contributed by atoms with E-state index in [1.807, 2.05) is 0 Å². The molecule has 23 heavy (non-hydrogen) atoms. The summed E-state index contributed by atoms with van der Waals surface area (Å²) in [4.78, 5) is 25.0. The number of carbonyl (C=O) groups excluding carboxylic acids is 1. The van der Waals surface area contributed by atoms with Crippen LogP contribution in [0, 0.1) is 22.0 Å². The number of benzene rings is 1. The summed E-state index contributed by atoms with van der Waals surface area (Å²) in [6, 6.07) is 4.14. The fourth-order valence-corrected chi connectivity index (χ4v) is 3.60. The largest absolute Gasteiger partial charge is 0.338 e. The normalized spacial score (nSPS) is 23.6. The lowest BCUT2D eigenvalue weighted by atomic mass is 9.92. The Morgan fingerprint density at radius 2 is 1.87 bits per heavy atom. The first-order valence-electron chi connectivity index (χ1n) is 7.50. The zero-order valence-corrected chi connectivity index (χ0v) is 14.1. The molecule has 2 saturated heterocycles. The molecule has 2 aliphatic rings. The van der Waals surface area contributed by atoms with E-state index < -0.39 is 4.92 Å². The van der Waals surface area contributed by atoms with E-state index in [-0.39, 0.29) is 29.6 Å². The highest BCUT2D eigenvalue weighted by molar-refractivity contribution is 6.31. The minimum Gasteiger partial charge on any atom is -0.338 e. The summed E-state index contributed by atoms with van der Waals surface area (Å²) in [5, 5.41) is 14.9. The molecule has 3 rings (SSSR count). The number of fused-ring (bicyclic) bond motifs is 1. The SMILES string of the molecule is Cl.O=C(c1cc(Cl)ccc1[N+](=O)[O-])N1CC[C@@H]2CNC[C@@H]2CC1. The Hall–Kier alpha value is -1.37. The second-order valence-electron chi connectivity index (χ2n) is 5.97. The number of hydrogen-bond donors (Lipinski definition) is 1. The number of amides is 1. The van der Waals surface area contributed by atoms with E-state index in [1.54, 1.807) is 4.90 Å². The molecule has 8 heteroatoms. The molecule has 2 atom stereocenters. The van der Waals surface area contributed by atoms with Gasteiger partial charge < -0.3 is 10.2 Å².